The predicted octanol–water partition coefficient (Wildman–Crippen LogP) is 3.94. The van der Waals surface area contributed by atoms with E-state index in [1.807, 2.05) is 30.3 Å². The van der Waals surface area contributed by atoms with Crippen LogP contribution < -0.4 is 10.2 Å². The van der Waals surface area contributed by atoms with Crippen LogP contribution in [-0.4, -0.2) is 17.0 Å². The predicted molar refractivity (Wildman–Crippen MR) is 105 cm³/mol. The van der Waals surface area contributed by atoms with Crippen molar-refractivity contribution in [1.29, 1.82) is 0 Å². The van der Waals surface area contributed by atoms with Crippen LogP contribution in [0.3, 0.4) is 0 Å². The number of nitro groups is 1. The summed E-state index contributed by atoms with van der Waals surface area (Å²) in [5, 5.41) is 14.8. The van der Waals surface area contributed by atoms with E-state index in [0.29, 0.717) is 23.5 Å². The lowest BCUT2D eigenvalue weighted by Gasteiger charge is -2.07. The third-order valence-corrected chi connectivity index (χ3v) is 3.87. The summed E-state index contributed by atoms with van der Waals surface area (Å²) < 4.78 is 5.68. The van der Waals surface area contributed by atoms with Crippen molar-refractivity contribution in [2.45, 2.75) is 6.61 Å². The van der Waals surface area contributed by atoms with Crippen molar-refractivity contribution in [3.8, 4) is 5.75 Å². The van der Waals surface area contributed by atoms with Crippen LogP contribution in [0.25, 0.3) is 0 Å². The van der Waals surface area contributed by atoms with Crippen molar-refractivity contribution < 1.29 is 14.5 Å². The fourth-order valence-electron chi connectivity index (χ4n) is 2.43. The van der Waals surface area contributed by atoms with Gasteiger partial charge in [0.2, 0.25) is 0 Å². The average molecular weight is 375 g/mol. The Morgan fingerprint density at radius 1 is 1.00 bits per heavy atom. The summed E-state index contributed by atoms with van der Waals surface area (Å²) in [5.74, 6) is 0.216. The number of rotatable bonds is 7. The third kappa shape index (κ3) is 5.01. The Balaban J connectivity index is 1.57. The molecule has 1 amide bonds. The van der Waals surface area contributed by atoms with E-state index in [9.17, 15) is 14.9 Å². The number of carbonyl (C=O) groups excluding carboxylic acids is 1. The van der Waals surface area contributed by atoms with Crippen molar-refractivity contribution >= 4 is 17.8 Å². The number of nitrogens with one attached hydrogen (secondary N) is 1. The lowest BCUT2D eigenvalue weighted by molar-refractivity contribution is -0.385. The zero-order chi connectivity index (χ0) is 19.8. The van der Waals surface area contributed by atoms with Gasteiger partial charge >= 0.3 is 0 Å². The molecule has 0 aliphatic heterocycles. The Morgan fingerprint density at radius 2 is 1.68 bits per heavy atom. The van der Waals surface area contributed by atoms with Gasteiger partial charge in [-0.1, -0.05) is 42.5 Å². The molecule has 0 aliphatic rings. The fourth-order valence-corrected chi connectivity index (χ4v) is 2.43. The smallest absolute Gasteiger partial charge is 0.278 e. The summed E-state index contributed by atoms with van der Waals surface area (Å²) in [6, 6.07) is 22.5. The maximum absolute atomic E-state index is 12.1. The van der Waals surface area contributed by atoms with Gasteiger partial charge in [-0.25, -0.2) is 5.43 Å². The molecule has 1 N–H and O–H groups in total. The Labute approximate surface area is 161 Å². The van der Waals surface area contributed by atoms with Gasteiger partial charge in [-0.2, -0.15) is 5.10 Å². The second-order valence-corrected chi connectivity index (χ2v) is 5.81. The minimum absolute atomic E-state index is 0.0829. The van der Waals surface area contributed by atoms with E-state index < -0.39 is 10.8 Å². The molecule has 3 rings (SSSR count). The van der Waals surface area contributed by atoms with E-state index in [4.69, 9.17) is 4.74 Å². The summed E-state index contributed by atoms with van der Waals surface area (Å²) in [7, 11) is 0. The van der Waals surface area contributed by atoms with E-state index >= 15 is 0 Å². The molecule has 28 heavy (non-hydrogen) atoms. The van der Waals surface area contributed by atoms with E-state index in [2.05, 4.69) is 10.5 Å². The first kappa shape index (κ1) is 18.8. The van der Waals surface area contributed by atoms with Crippen molar-refractivity contribution in [3.05, 3.63) is 106 Å². The summed E-state index contributed by atoms with van der Waals surface area (Å²) in [6.07, 6.45) is 1.24. The first-order valence-electron chi connectivity index (χ1n) is 8.47. The third-order valence-electron chi connectivity index (χ3n) is 3.87. The maximum atomic E-state index is 12.1. The van der Waals surface area contributed by atoms with Crippen LogP contribution in [0.2, 0.25) is 0 Å². The van der Waals surface area contributed by atoms with Crippen molar-refractivity contribution in [3.63, 3.8) is 0 Å². The Bertz CT molecular complexity index is 986. The first-order chi connectivity index (χ1) is 13.6. The molecule has 0 unspecified atom stereocenters. The molecule has 0 aromatic heterocycles. The van der Waals surface area contributed by atoms with Crippen LogP contribution in [-0.2, 0) is 6.61 Å². The van der Waals surface area contributed by atoms with Crippen LogP contribution in [0.5, 0.6) is 5.75 Å². The summed E-state index contributed by atoms with van der Waals surface area (Å²) in [4.78, 5) is 22.6. The molecule has 0 saturated carbocycles. The zero-order valence-corrected chi connectivity index (χ0v) is 14.8. The quantitative estimate of drug-likeness (QED) is 0.384. The normalized spacial score (nSPS) is 10.6. The number of amides is 1. The molecule has 0 atom stereocenters. The van der Waals surface area contributed by atoms with Gasteiger partial charge in [0.25, 0.3) is 11.6 Å². The van der Waals surface area contributed by atoms with Crippen LogP contribution in [0.15, 0.2) is 84.0 Å². The second-order valence-electron chi connectivity index (χ2n) is 5.81. The lowest BCUT2D eigenvalue weighted by atomic mass is 10.2. The number of hydrogen-bond donors (Lipinski definition) is 1. The number of nitrogens with zero attached hydrogens (tertiary/aromatic N) is 2. The molecule has 3 aromatic carbocycles. The fraction of sp³-hybridized carbons (Fsp3) is 0.0476. The van der Waals surface area contributed by atoms with E-state index in [1.54, 1.807) is 42.5 Å². The molecular formula is C21H17N3O4. The summed E-state index contributed by atoms with van der Waals surface area (Å²) in [5.41, 5.74) is 4.02. The highest BCUT2D eigenvalue weighted by Crippen LogP contribution is 2.16. The van der Waals surface area contributed by atoms with Gasteiger partial charge < -0.3 is 4.74 Å². The van der Waals surface area contributed by atoms with E-state index in [-0.39, 0.29) is 5.69 Å². The molecule has 0 bridgehead atoms. The Hall–Kier alpha value is -4.00. The molecule has 0 saturated heterocycles. The van der Waals surface area contributed by atoms with Crippen LogP contribution in [0.4, 0.5) is 5.69 Å². The maximum Gasteiger partial charge on any atom is 0.278 e. The monoisotopic (exact) mass is 375 g/mol. The molecule has 140 valence electrons. The second kappa shape index (κ2) is 9.09. The van der Waals surface area contributed by atoms with Gasteiger partial charge in [0.15, 0.2) is 0 Å². The van der Waals surface area contributed by atoms with Crippen molar-refractivity contribution in [1.82, 2.24) is 5.43 Å². The topological polar surface area (TPSA) is 93.8 Å². The minimum Gasteiger partial charge on any atom is -0.489 e. The van der Waals surface area contributed by atoms with Gasteiger partial charge in [0.1, 0.15) is 12.4 Å². The highest BCUT2D eigenvalue weighted by molar-refractivity contribution is 5.95. The number of nitro benzene ring substituents is 1. The number of hydrazone groups is 1. The Morgan fingerprint density at radius 3 is 2.39 bits per heavy atom. The van der Waals surface area contributed by atoms with Gasteiger partial charge in [-0.3, -0.25) is 14.9 Å². The molecule has 7 heteroatoms. The SMILES string of the molecule is O=C(NN=Cc1ccccc1[N+](=O)[O-])c1ccc(OCc2ccccc2)cc1. The lowest BCUT2D eigenvalue weighted by Crippen LogP contribution is -2.17. The van der Waals surface area contributed by atoms with Crippen LogP contribution >= 0.6 is 0 Å². The van der Waals surface area contributed by atoms with Gasteiger partial charge in [-0.15, -0.1) is 0 Å². The summed E-state index contributed by atoms with van der Waals surface area (Å²) in [6.45, 7) is 0.437. The number of benzene rings is 3. The molecule has 3 aromatic rings. The van der Waals surface area contributed by atoms with E-state index in [0.717, 1.165) is 5.56 Å². The van der Waals surface area contributed by atoms with Gasteiger partial charge in [-0.05, 0) is 35.9 Å². The number of ether oxygens (including phenoxy) is 1. The number of carbonyl (C=O) groups is 1. The molecule has 7 nitrogen and oxygen atoms in total. The van der Waals surface area contributed by atoms with Gasteiger partial charge in [0.05, 0.1) is 16.7 Å². The summed E-state index contributed by atoms with van der Waals surface area (Å²) >= 11 is 0. The van der Waals surface area contributed by atoms with Crippen molar-refractivity contribution in [2.24, 2.45) is 5.10 Å². The first-order valence-corrected chi connectivity index (χ1v) is 8.47. The number of hydrogen-bond acceptors (Lipinski definition) is 5. The van der Waals surface area contributed by atoms with E-state index in [1.165, 1.54) is 12.3 Å². The highest BCUT2D eigenvalue weighted by Gasteiger charge is 2.10. The molecular weight excluding hydrogens is 358 g/mol. The van der Waals surface area contributed by atoms with Crippen LogP contribution in [0, 0.1) is 10.1 Å². The highest BCUT2D eigenvalue weighted by atomic mass is 16.6. The average Bonchev–Trinajstić information content (AvgIpc) is 2.73. The standard InChI is InChI=1S/C21H17N3O4/c25-21(23-22-14-18-8-4-5-9-20(18)24(26)27)17-10-12-19(13-11-17)28-15-16-6-2-1-3-7-16/h1-14H,15H2,(H,23,25). The minimum atomic E-state index is -0.503. The largest absolute Gasteiger partial charge is 0.489 e. The molecule has 0 radical (unpaired) electrons. The molecule has 0 fully saturated rings. The van der Waals surface area contributed by atoms with Crippen LogP contribution in [0.1, 0.15) is 21.5 Å². The van der Waals surface area contributed by atoms with Crippen molar-refractivity contribution in [2.75, 3.05) is 0 Å². The Kier molecular flexibility index (Phi) is 6.10. The molecule has 0 heterocycles. The number of para-hydroxylation sites is 1. The zero-order valence-electron chi connectivity index (χ0n) is 14.8. The van der Waals surface area contributed by atoms with Gasteiger partial charge in [0, 0.05) is 11.6 Å². The molecule has 0 spiro atoms. The molecule has 0 aliphatic carbocycles.